The SMILES string of the molecule is CN1CCN(CC(=O)N2N=C(c3c(-c4ccccc4)c4cc(Br)ccc4[nH]c3=O)C[C@H]2c2ccc(Br)cc2)CC1. The fraction of sp³-hybridized carbons (Fsp3) is 0.258. The van der Waals surface area contributed by atoms with Crippen LogP contribution in [0.4, 0.5) is 0 Å². The van der Waals surface area contributed by atoms with Gasteiger partial charge in [0.05, 0.1) is 23.9 Å². The molecule has 9 heteroatoms. The van der Waals surface area contributed by atoms with Crippen LogP contribution in [0.25, 0.3) is 22.0 Å². The van der Waals surface area contributed by atoms with E-state index in [4.69, 9.17) is 5.10 Å². The Morgan fingerprint density at radius 2 is 1.62 bits per heavy atom. The highest BCUT2D eigenvalue weighted by Crippen LogP contribution is 2.37. The van der Waals surface area contributed by atoms with Crippen molar-refractivity contribution in [2.45, 2.75) is 12.5 Å². The van der Waals surface area contributed by atoms with Gasteiger partial charge in [0.25, 0.3) is 11.5 Å². The molecule has 40 heavy (non-hydrogen) atoms. The molecule has 0 saturated carbocycles. The Hall–Kier alpha value is -3.11. The van der Waals surface area contributed by atoms with Crippen molar-refractivity contribution in [3.05, 3.63) is 103 Å². The van der Waals surface area contributed by atoms with Crippen molar-refractivity contribution in [1.29, 1.82) is 0 Å². The van der Waals surface area contributed by atoms with Gasteiger partial charge < -0.3 is 9.88 Å². The summed E-state index contributed by atoms with van der Waals surface area (Å²) < 4.78 is 1.88. The molecule has 0 bridgehead atoms. The van der Waals surface area contributed by atoms with Crippen molar-refractivity contribution in [3.8, 4) is 11.1 Å². The highest BCUT2D eigenvalue weighted by atomic mass is 79.9. The van der Waals surface area contributed by atoms with E-state index in [-0.39, 0.29) is 17.5 Å². The summed E-state index contributed by atoms with van der Waals surface area (Å²) in [6, 6.07) is 23.5. The summed E-state index contributed by atoms with van der Waals surface area (Å²) in [5.41, 5.74) is 4.39. The van der Waals surface area contributed by atoms with Crippen LogP contribution in [0.5, 0.6) is 0 Å². The van der Waals surface area contributed by atoms with Gasteiger partial charge in [-0.3, -0.25) is 14.5 Å². The van der Waals surface area contributed by atoms with E-state index in [0.717, 1.165) is 62.7 Å². The number of benzene rings is 3. The van der Waals surface area contributed by atoms with E-state index >= 15 is 0 Å². The molecule has 1 N–H and O–H groups in total. The maximum atomic E-state index is 13.8. The van der Waals surface area contributed by atoms with Crippen molar-refractivity contribution < 1.29 is 4.79 Å². The van der Waals surface area contributed by atoms with E-state index in [0.29, 0.717) is 24.2 Å². The van der Waals surface area contributed by atoms with E-state index in [2.05, 4.69) is 53.7 Å². The van der Waals surface area contributed by atoms with E-state index in [1.54, 1.807) is 5.01 Å². The van der Waals surface area contributed by atoms with Gasteiger partial charge in [-0.15, -0.1) is 0 Å². The summed E-state index contributed by atoms with van der Waals surface area (Å²) in [5.74, 6) is -0.0614. The Bertz CT molecular complexity index is 1640. The minimum atomic E-state index is -0.302. The highest BCUT2D eigenvalue weighted by Gasteiger charge is 2.36. The van der Waals surface area contributed by atoms with Gasteiger partial charge in [-0.2, -0.15) is 5.10 Å². The molecule has 2 aliphatic rings. The number of likely N-dealkylation sites (N-methyl/N-ethyl adjacent to an activating group) is 1. The first kappa shape index (κ1) is 27.1. The number of nitrogens with one attached hydrogen (secondary N) is 1. The Kier molecular flexibility index (Phi) is 7.72. The quantitative estimate of drug-likeness (QED) is 0.300. The number of fused-ring (bicyclic) bond motifs is 1. The van der Waals surface area contributed by atoms with Gasteiger partial charge >= 0.3 is 0 Å². The molecule has 0 aliphatic carbocycles. The normalized spacial score (nSPS) is 18.3. The van der Waals surface area contributed by atoms with Gasteiger partial charge in [0.1, 0.15) is 0 Å². The summed E-state index contributed by atoms with van der Waals surface area (Å²) in [6.07, 6.45) is 0.443. The summed E-state index contributed by atoms with van der Waals surface area (Å²) in [7, 11) is 2.10. The van der Waals surface area contributed by atoms with Gasteiger partial charge in [0.15, 0.2) is 0 Å². The number of rotatable bonds is 5. The van der Waals surface area contributed by atoms with Crippen molar-refractivity contribution in [2.75, 3.05) is 39.8 Å². The average molecular weight is 663 g/mol. The van der Waals surface area contributed by atoms with Gasteiger partial charge in [-0.25, -0.2) is 5.01 Å². The third-order valence-electron chi connectivity index (χ3n) is 7.70. The van der Waals surface area contributed by atoms with Crippen molar-refractivity contribution >= 4 is 54.4 Å². The summed E-state index contributed by atoms with van der Waals surface area (Å²) in [5, 5.41) is 7.44. The average Bonchev–Trinajstić information content (AvgIpc) is 3.40. The van der Waals surface area contributed by atoms with Crippen LogP contribution in [-0.2, 0) is 4.79 Å². The Morgan fingerprint density at radius 3 is 2.35 bits per heavy atom. The molecule has 1 aromatic heterocycles. The molecule has 1 saturated heterocycles. The maximum absolute atomic E-state index is 13.8. The molecule has 3 heterocycles. The second kappa shape index (κ2) is 11.4. The fourth-order valence-corrected chi connectivity index (χ4v) is 6.18. The predicted octanol–water partition coefficient (Wildman–Crippen LogP) is 5.65. The standard InChI is InChI=1S/C31H29Br2N5O2/c1-36-13-15-37(16-14-36)19-28(39)38-27(20-7-9-22(32)10-8-20)18-26(35-38)30-29(21-5-3-2-4-6-21)24-17-23(33)11-12-25(24)34-31(30)40/h2-12,17,27H,13-16,18-19H2,1H3,(H,34,40)/t27-/m0/s1. The van der Waals surface area contributed by atoms with Gasteiger partial charge in [-0.1, -0.05) is 74.3 Å². The Balaban J connectivity index is 1.47. The number of pyridine rings is 1. The third-order valence-corrected chi connectivity index (χ3v) is 8.72. The molecule has 4 aromatic rings. The summed E-state index contributed by atoms with van der Waals surface area (Å²) >= 11 is 7.13. The number of amides is 1. The molecule has 3 aromatic carbocycles. The lowest BCUT2D eigenvalue weighted by atomic mass is 9.91. The molecular formula is C31H29Br2N5O2. The van der Waals surface area contributed by atoms with Crippen LogP contribution in [0.3, 0.4) is 0 Å². The molecule has 6 rings (SSSR count). The number of piperazine rings is 1. The molecule has 0 unspecified atom stereocenters. The number of nitrogens with zero attached hydrogens (tertiary/aromatic N) is 4. The predicted molar refractivity (Wildman–Crippen MR) is 167 cm³/mol. The Morgan fingerprint density at radius 1 is 0.925 bits per heavy atom. The van der Waals surface area contributed by atoms with E-state index in [1.165, 1.54) is 0 Å². The monoisotopic (exact) mass is 661 g/mol. The van der Waals surface area contributed by atoms with Gasteiger partial charge in [0, 0.05) is 58.0 Å². The van der Waals surface area contributed by atoms with Crippen LogP contribution in [0.2, 0.25) is 0 Å². The lowest BCUT2D eigenvalue weighted by molar-refractivity contribution is -0.134. The molecule has 204 valence electrons. The molecule has 0 spiro atoms. The number of carbonyl (C=O) groups excluding carboxylic acids is 1. The van der Waals surface area contributed by atoms with Crippen LogP contribution >= 0.6 is 31.9 Å². The highest BCUT2D eigenvalue weighted by molar-refractivity contribution is 9.10. The van der Waals surface area contributed by atoms with Crippen LogP contribution in [0.1, 0.15) is 23.6 Å². The first-order valence-corrected chi connectivity index (χ1v) is 14.9. The van der Waals surface area contributed by atoms with Crippen molar-refractivity contribution in [1.82, 2.24) is 19.8 Å². The molecule has 1 fully saturated rings. The van der Waals surface area contributed by atoms with E-state index in [9.17, 15) is 9.59 Å². The smallest absolute Gasteiger partial charge is 0.258 e. The number of aromatic nitrogens is 1. The molecule has 2 aliphatic heterocycles. The van der Waals surface area contributed by atoms with Crippen LogP contribution < -0.4 is 5.56 Å². The molecule has 0 radical (unpaired) electrons. The van der Waals surface area contributed by atoms with Crippen molar-refractivity contribution in [2.24, 2.45) is 5.10 Å². The number of hydrogen-bond donors (Lipinski definition) is 1. The van der Waals surface area contributed by atoms with E-state index < -0.39 is 0 Å². The molecule has 1 atom stereocenters. The maximum Gasteiger partial charge on any atom is 0.258 e. The number of hydrazone groups is 1. The lowest BCUT2D eigenvalue weighted by Crippen LogP contribution is -2.48. The molecule has 7 nitrogen and oxygen atoms in total. The summed E-state index contributed by atoms with van der Waals surface area (Å²) in [4.78, 5) is 35.0. The number of hydrogen-bond acceptors (Lipinski definition) is 5. The Labute approximate surface area is 249 Å². The lowest BCUT2D eigenvalue weighted by Gasteiger charge is -2.33. The van der Waals surface area contributed by atoms with Crippen molar-refractivity contribution in [3.63, 3.8) is 0 Å². The number of carbonyl (C=O) groups is 1. The molecular weight excluding hydrogens is 634 g/mol. The second-order valence-electron chi connectivity index (χ2n) is 10.4. The minimum absolute atomic E-state index is 0.0614. The first-order valence-electron chi connectivity index (χ1n) is 13.3. The van der Waals surface area contributed by atoms with E-state index in [1.807, 2.05) is 72.8 Å². The first-order chi connectivity index (χ1) is 19.4. The third kappa shape index (κ3) is 5.43. The van der Waals surface area contributed by atoms with Crippen LogP contribution in [0, 0.1) is 0 Å². The van der Waals surface area contributed by atoms with Gasteiger partial charge in [0.2, 0.25) is 0 Å². The fourth-order valence-electron chi connectivity index (χ4n) is 5.55. The largest absolute Gasteiger partial charge is 0.321 e. The number of aromatic amines is 1. The second-order valence-corrected chi connectivity index (χ2v) is 12.2. The number of halogens is 2. The minimum Gasteiger partial charge on any atom is -0.321 e. The van der Waals surface area contributed by atoms with Crippen LogP contribution in [0.15, 0.2) is 91.6 Å². The topological polar surface area (TPSA) is 72.0 Å². The zero-order chi connectivity index (χ0) is 27.8. The molecule has 1 amide bonds. The zero-order valence-corrected chi connectivity index (χ0v) is 25.3. The van der Waals surface area contributed by atoms with Crippen LogP contribution in [-0.4, -0.2) is 71.2 Å². The zero-order valence-electron chi connectivity index (χ0n) is 22.1. The summed E-state index contributed by atoms with van der Waals surface area (Å²) in [6.45, 7) is 3.84. The number of H-pyrrole nitrogens is 1. The van der Waals surface area contributed by atoms with Gasteiger partial charge in [-0.05, 0) is 48.5 Å².